The number of esters is 1. The molecule has 45 heavy (non-hydrogen) atoms. The molecule has 5 aliphatic carbocycles. The molecule has 6 rings (SSSR count). The van der Waals surface area contributed by atoms with Crippen LogP contribution >= 0.6 is 0 Å². The molecular weight excluding hydrogens is 564 g/mol. The summed E-state index contributed by atoms with van der Waals surface area (Å²) in [5.41, 5.74) is -0.0926. The maximum Gasteiger partial charge on any atom is 0.331 e. The summed E-state index contributed by atoms with van der Waals surface area (Å²) < 4.78 is 6.58. The Kier molecular flexibility index (Phi) is 7.53. The van der Waals surface area contributed by atoms with Crippen molar-refractivity contribution < 1.29 is 29.3 Å². The Labute approximate surface area is 268 Å². The maximum absolute atomic E-state index is 13.6. The van der Waals surface area contributed by atoms with Gasteiger partial charge in [-0.15, -0.1) is 0 Å². The minimum Gasteiger partial charge on any atom is -0.508 e. The predicted molar refractivity (Wildman–Crippen MR) is 174 cm³/mol. The van der Waals surface area contributed by atoms with Crippen molar-refractivity contribution in [2.45, 2.75) is 105 Å². The van der Waals surface area contributed by atoms with E-state index >= 15 is 0 Å². The number of carbonyl (C=O) groups is 3. The fourth-order valence-corrected chi connectivity index (χ4v) is 12.3. The number of aromatic hydroxyl groups is 1. The van der Waals surface area contributed by atoms with Crippen LogP contribution in [0, 0.1) is 56.7 Å². The van der Waals surface area contributed by atoms with Crippen LogP contribution in [-0.4, -0.2) is 34.0 Å². The van der Waals surface area contributed by atoms with Gasteiger partial charge in [0.1, 0.15) is 17.6 Å². The van der Waals surface area contributed by atoms with Crippen LogP contribution in [0.2, 0.25) is 0 Å². The van der Waals surface area contributed by atoms with Gasteiger partial charge in [0.2, 0.25) is 0 Å². The number of ether oxygens (including phenoxy) is 1. The Hall–Kier alpha value is -2.89. The van der Waals surface area contributed by atoms with Gasteiger partial charge in [-0.1, -0.05) is 58.9 Å². The second-order valence-corrected chi connectivity index (χ2v) is 16.7. The normalized spacial score (nSPS) is 43.5. The van der Waals surface area contributed by atoms with Crippen molar-refractivity contribution in [3.05, 3.63) is 48.1 Å². The van der Waals surface area contributed by atoms with E-state index in [9.17, 15) is 24.6 Å². The first kappa shape index (κ1) is 32.1. The van der Waals surface area contributed by atoms with Crippen molar-refractivity contribution >= 4 is 23.8 Å². The van der Waals surface area contributed by atoms with Crippen molar-refractivity contribution in [3.63, 3.8) is 0 Å². The Morgan fingerprint density at radius 2 is 1.64 bits per heavy atom. The summed E-state index contributed by atoms with van der Waals surface area (Å²) >= 11 is 0. The first-order chi connectivity index (χ1) is 21.0. The summed E-state index contributed by atoms with van der Waals surface area (Å²) in [5.74, 6) is 0.0971. The van der Waals surface area contributed by atoms with E-state index in [2.05, 4.69) is 48.1 Å². The summed E-state index contributed by atoms with van der Waals surface area (Å²) in [6, 6.07) is 6.68. The average Bonchev–Trinajstić information content (AvgIpc) is 3.38. The molecule has 0 aliphatic heterocycles. The fourth-order valence-electron chi connectivity index (χ4n) is 12.3. The Bertz CT molecular complexity index is 1440. The molecule has 0 bridgehead atoms. The van der Waals surface area contributed by atoms with Crippen molar-refractivity contribution in [2.24, 2.45) is 56.7 Å². The van der Waals surface area contributed by atoms with Crippen LogP contribution in [-0.2, 0) is 19.1 Å². The third kappa shape index (κ3) is 4.43. The molecule has 2 N–H and O–H groups in total. The third-order valence-corrected chi connectivity index (χ3v) is 14.8. The number of aliphatic carboxylic acids is 1. The maximum atomic E-state index is 13.6. The van der Waals surface area contributed by atoms with Crippen LogP contribution in [0.3, 0.4) is 0 Å². The molecule has 6 nitrogen and oxygen atoms in total. The number of fused-ring (bicyclic) bond motifs is 7. The molecule has 10 unspecified atom stereocenters. The number of ketones is 1. The van der Waals surface area contributed by atoms with Crippen molar-refractivity contribution in [1.29, 1.82) is 0 Å². The standard InChI is InChI=1S/C39H52O6/c1-23(2)26-16-19-39(34(43)44)21-20-37(6)27(33(26)39)13-14-28-36(5)18-17-30(41)35(3,4)29(36)22-31(38(28,37)7)45-32(42)15-10-24-8-11-25(40)12-9-24/h8-12,15,26-29,31,33,40H,1,13-14,16-22H2,2-7H3,(H,43,44). The summed E-state index contributed by atoms with van der Waals surface area (Å²) in [7, 11) is 0. The molecular formula is C39H52O6. The molecule has 0 amide bonds. The van der Waals surface area contributed by atoms with E-state index in [1.54, 1.807) is 30.3 Å². The summed E-state index contributed by atoms with van der Waals surface area (Å²) in [4.78, 5) is 40.1. The lowest BCUT2D eigenvalue weighted by Gasteiger charge is -2.73. The minimum atomic E-state index is -0.726. The molecule has 5 saturated carbocycles. The topological polar surface area (TPSA) is 101 Å². The molecule has 10 atom stereocenters. The number of carboxylic acid groups (broad SMARTS) is 1. The first-order valence-corrected chi connectivity index (χ1v) is 17.1. The zero-order valence-corrected chi connectivity index (χ0v) is 28.0. The van der Waals surface area contributed by atoms with Gasteiger partial charge in [0.05, 0.1) is 5.41 Å². The molecule has 0 radical (unpaired) electrons. The molecule has 0 saturated heterocycles. The van der Waals surface area contributed by atoms with Gasteiger partial charge < -0.3 is 14.9 Å². The van der Waals surface area contributed by atoms with Crippen LogP contribution < -0.4 is 0 Å². The quantitative estimate of drug-likeness (QED) is 0.196. The molecule has 6 heteroatoms. The van der Waals surface area contributed by atoms with Gasteiger partial charge >= 0.3 is 11.9 Å². The van der Waals surface area contributed by atoms with E-state index in [0.29, 0.717) is 31.5 Å². The highest BCUT2D eigenvalue weighted by molar-refractivity contribution is 5.87. The number of phenolic OH excluding ortho intramolecular Hbond substituents is 1. The average molecular weight is 617 g/mol. The van der Waals surface area contributed by atoms with E-state index in [1.807, 2.05) is 0 Å². The molecule has 1 aromatic rings. The van der Waals surface area contributed by atoms with Gasteiger partial charge in [-0.25, -0.2) is 4.79 Å². The van der Waals surface area contributed by atoms with Crippen molar-refractivity contribution in [2.75, 3.05) is 0 Å². The first-order valence-electron chi connectivity index (χ1n) is 17.1. The highest BCUT2D eigenvalue weighted by Gasteiger charge is 2.75. The van der Waals surface area contributed by atoms with Gasteiger partial charge in [-0.05, 0) is 122 Å². The zero-order valence-electron chi connectivity index (χ0n) is 28.0. The second kappa shape index (κ2) is 10.6. The SMILES string of the molecule is C=C(C)C1CCC2(C(=O)O)CCC3(C)C(CCC4C5(C)CCC(=O)C(C)(C)C5CC(OC(=O)C=Cc5ccc(O)cc5)C43C)C12. The van der Waals surface area contributed by atoms with Gasteiger partial charge in [0.25, 0.3) is 0 Å². The Balaban J connectivity index is 1.43. The number of carbonyl (C=O) groups excluding carboxylic acids is 2. The van der Waals surface area contributed by atoms with Gasteiger partial charge in [0.15, 0.2) is 0 Å². The number of phenols is 1. The number of rotatable bonds is 5. The number of hydrogen-bond acceptors (Lipinski definition) is 5. The van der Waals surface area contributed by atoms with Crippen LogP contribution in [0.25, 0.3) is 6.08 Å². The second-order valence-electron chi connectivity index (χ2n) is 16.7. The molecule has 0 spiro atoms. The number of Topliss-reactive ketones (excluding diaryl/α,β-unsaturated/α-hetero) is 1. The summed E-state index contributed by atoms with van der Waals surface area (Å²) in [6.07, 6.45) is 9.74. The van der Waals surface area contributed by atoms with Gasteiger partial charge in [0, 0.05) is 23.3 Å². The van der Waals surface area contributed by atoms with Crippen LogP contribution in [0.1, 0.15) is 105 Å². The lowest BCUT2D eigenvalue weighted by molar-refractivity contribution is -0.274. The lowest BCUT2D eigenvalue weighted by Crippen LogP contribution is -2.71. The zero-order chi connectivity index (χ0) is 32.7. The molecule has 0 heterocycles. The van der Waals surface area contributed by atoms with Crippen LogP contribution in [0.4, 0.5) is 0 Å². The van der Waals surface area contributed by atoms with Crippen molar-refractivity contribution in [1.82, 2.24) is 0 Å². The Morgan fingerprint density at radius 3 is 2.29 bits per heavy atom. The minimum absolute atomic E-state index is 0.0182. The third-order valence-electron chi connectivity index (χ3n) is 14.8. The number of hydrogen-bond donors (Lipinski definition) is 2. The molecule has 5 aliphatic rings. The van der Waals surface area contributed by atoms with Gasteiger partial charge in [-0.2, -0.15) is 0 Å². The van der Waals surface area contributed by atoms with Gasteiger partial charge in [-0.3, -0.25) is 9.59 Å². The molecule has 244 valence electrons. The molecule has 1 aromatic carbocycles. The monoisotopic (exact) mass is 616 g/mol. The van der Waals surface area contributed by atoms with E-state index < -0.39 is 34.3 Å². The highest BCUT2D eigenvalue weighted by Crippen LogP contribution is 2.77. The fraction of sp³-hybridized carbons (Fsp3) is 0.667. The van der Waals surface area contributed by atoms with Crippen LogP contribution in [0.5, 0.6) is 5.75 Å². The smallest absolute Gasteiger partial charge is 0.331 e. The number of allylic oxidation sites excluding steroid dienone is 1. The largest absolute Gasteiger partial charge is 0.508 e. The van der Waals surface area contributed by atoms with Crippen molar-refractivity contribution in [3.8, 4) is 5.75 Å². The van der Waals surface area contributed by atoms with Crippen LogP contribution in [0.15, 0.2) is 42.5 Å². The lowest BCUT2D eigenvalue weighted by atomic mass is 9.31. The van der Waals surface area contributed by atoms with E-state index in [4.69, 9.17) is 4.74 Å². The predicted octanol–water partition coefficient (Wildman–Crippen LogP) is 8.24. The van der Waals surface area contributed by atoms with E-state index in [1.165, 1.54) is 6.08 Å². The molecule has 5 fully saturated rings. The number of benzene rings is 1. The Morgan fingerprint density at radius 1 is 0.956 bits per heavy atom. The van der Waals surface area contributed by atoms with E-state index in [-0.39, 0.29) is 46.2 Å². The summed E-state index contributed by atoms with van der Waals surface area (Å²) in [6.45, 7) is 17.8. The van der Waals surface area contributed by atoms with E-state index in [0.717, 1.165) is 43.2 Å². The molecule has 0 aromatic heterocycles. The highest BCUT2D eigenvalue weighted by atomic mass is 16.5. The number of carboxylic acids is 1. The summed E-state index contributed by atoms with van der Waals surface area (Å²) in [5, 5.41) is 20.4.